The summed E-state index contributed by atoms with van der Waals surface area (Å²) in [4.78, 5) is 32.8. The molecular weight excluding hydrogens is 258 g/mol. The highest BCUT2D eigenvalue weighted by atomic mass is 16.5. The molecule has 3 aromatic rings. The van der Waals surface area contributed by atoms with Crippen LogP contribution in [0.2, 0.25) is 0 Å². The number of nitrogens with one attached hydrogen (secondary N) is 2. The first kappa shape index (κ1) is 13.8. The molecule has 2 heterocycles. The van der Waals surface area contributed by atoms with Crippen molar-refractivity contribution in [2.45, 2.75) is 13.8 Å². The quantitative estimate of drug-likeness (QED) is 0.665. The van der Waals surface area contributed by atoms with E-state index in [1.165, 1.54) is 13.4 Å². The average Bonchev–Trinajstić information content (AvgIpc) is 2.87. The van der Waals surface area contributed by atoms with Crippen molar-refractivity contribution in [2.75, 3.05) is 7.11 Å². The van der Waals surface area contributed by atoms with E-state index in [-0.39, 0.29) is 5.56 Å². The zero-order chi connectivity index (χ0) is 14.7. The fraction of sp³-hybridized carbons (Fsp3) is 0.214. The van der Waals surface area contributed by atoms with Gasteiger partial charge in [-0.15, -0.1) is 0 Å². The average molecular weight is 273 g/mol. The molecule has 0 radical (unpaired) electrons. The van der Waals surface area contributed by atoms with Gasteiger partial charge in [-0.3, -0.25) is 4.79 Å². The minimum Gasteiger partial charge on any atom is -0.465 e. The van der Waals surface area contributed by atoms with Crippen LogP contribution in [0.25, 0.3) is 21.9 Å². The Bertz CT molecular complexity index is 817. The van der Waals surface area contributed by atoms with Crippen molar-refractivity contribution in [3.63, 3.8) is 0 Å². The molecule has 0 aliphatic heterocycles. The number of hydrogen-bond acceptors (Lipinski definition) is 4. The van der Waals surface area contributed by atoms with Crippen LogP contribution in [0.4, 0.5) is 0 Å². The van der Waals surface area contributed by atoms with Crippen molar-refractivity contribution >= 4 is 27.9 Å². The van der Waals surface area contributed by atoms with Crippen molar-refractivity contribution in [1.82, 2.24) is 15.0 Å². The second-order valence-electron chi connectivity index (χ2n) is 3.83. The van der Waals surface area contributed by atoms with Crippen molar-refractivity contribution in [1.29, 1.82) is 0 Å². The number of aromatic nitrogens is 3. The van der Waals surface area contributed by atoms with Crippen molar-refractivity contribution in [3.05, 3.63) is 40.4 Å². The smallest absolute Gasteiger partial charge is 0.337 e. The SMILES string of the molecule is CC.COC(=O)c1ccc2[nH]c3nc[nH]c(=O)c3c2c1. The van der Waals surface area contributed by atoms with E-state index in [9.17, 15) is 9.59 Å². The van der Waals surface area contributed by atoms with Crippen LogP contribution in [-0.2, 0) is 4.74 Å². The fourth-order valence-corrected chi connectivity index (χ4v) is 1.98. The molecule has 0 spiro atoms. The number of carbonyl (C=O) groups excluding carboxylic acids is 1. The molecule has 6 heteroatoms. The minimum atomic E-state index is -0.438. The lowest BCUT2D eigenvalue weighted by molar-refractivity contribution is 0.0601. The maximum atomic E-state index is 11.8. The van der Waals surface area contributed by atoms with Crippen LogP contribution in [0, 0.1) is 0 Å². The lowest BCUT2D eigenvalue weighted by Crippen LogP contribution is -2.05. The molecule has 2 N–H and O–H groups in total. The van der Waals surface area contributed by atoms with Crippen LogP contribution in [0.15, 0.2) is 29.3 Å². The van der Waals surface area contributed by atoms with E-state index in [0.29, 0.717) is 22.0 Å². The molecule has 2 aromatic heterocycles. The number of rotatable bonds is 1. The van der Waals surface area contributed by atoms with Gasteiger partial charge in [-0.05, 0) is 18.2 Å². The van der Waals surface area contributed by atoms with E-state index in [4.69, 9.17) is 0 Å². The third kappa shape index (κ3) is 2.16. The number of hydrogen-bond donors (Lipinski definition) is 2. The number of methoxy groups -OCH3 is 1. The molecule has 20 heavy (non-hydrogen) atoms. The maximum absolute atomic E-state index is 11.8. The van der Waals surface area contributed by atoms with Crippen LogP contribution in [0.1, 0.15) is 24.2 Å². The molecule has 0 unspecified atom stereocenters. The number of benzene rings is 1. The summed E-state index contributed by atoms with van der Waals surface area (Å²) < 4.78 is 4.65. The Morgan fingerprint density at radius 1 is 1.30 bits per heavy atom. The topological polar surface area (TPSA) is 87.8 Å². The number of esters is 1. The van der Waals surface area contributed by atoms with Crippen molar-refractivity contribution in [2.24, 2.45) is 0 Å². The van der Waals surface area contributed by atoms with Gasteiger partial charge in [0.25, 0.3) is 5.56 Å². The summed E-state index contributed by atoms with van der Waals surface area (Å²) in [6.45, 7) is 4.00. The van der Waals surface area contributed by atoms with Gasteiger partial charge in [-0.2, -0.15) is 0 Å². The second-order valence-corrected chi connectivity index (χ2v) is 3.83. The molecule has 1 aromatic carbocycles. The minimum absolute atomic E-state index is 0.242. The Morgan fingerprint density at radius 3 is 2.75 bits per heavy atom. The summed E-state index contributed by atoms with van der Waals surface area (Å²) in [5, 5.41) is 1.10. The molecule has 104 valence electrons. The van der Waals surface area contributed by atoms with Crippen LogP contribution in [-0.4, -0.2) is 28.0 Å². The number of ether oxygens (including phenoxy) is 1. The molecule has 0 saturated carbocycles. The van der Waals surface area contributed by atoms with Crippen LogP contribution in [0.3, 0.4) is 0 Å². The summed E-state index contributed by atoms with van der Waals surface area (Å²) in [5.41, 5.74) is 1.40. The predicted molar refractivity (Wildman–Crippen MR) is 76.9 cm³/mol. The zero-order valence-corrected chi connectivity index (χ0v) is 11.5. The summed E-state index contributed by atoms with van der Waals surface area (Å²) >= 11 is 0. The predicted octanol–water partition coefficient (Wildman–Crippen LogP) is 2.22. The summed E-state index contributed by atoms with van der Waals surface area (Å²) in [6.07, 6.45) is 1.33. The van der Waals surface area contributed by atoms with Crippen LogP contribution >= 0.6 is 0 Å². The summed E-state index contributed by atoms with van der Waals surface area (Å²) in [5.74, 6) is -0.438. The Morgan fingerprint density at radius 2 is 2.05 bits per heavy atom. The van der Waals surface area contributed by atoms with Gasteiger partial charge < -0.3 is 14.7 Å². The highest BCUT2D eigenvalue weighted by molar-refractivity contribution is 6.07. The van der Waals surface area contributed by atoms with Gasteiger partial charge in [-0.1, -0.05) is 13.8 Å². The van der Waals surface area contributed by atoms with E-state index < -0.39 is 5.97 Å². The number of H-pyrrole nitrogens is 2. The number of fused-ring (bicyclic) bond motifs is 3. The van der Waals surface area contributed by atoms with E-state index in [2.05, 4.69) is 19.7 Å². The lowest BCUT2D eigenvalue weighted by Gasteiger charge is -1.98. The Hall–Kier alpha value is -2.63. The van der Waals surface area contributed by atoms with Crippen LogP contribution in [0.5, 0.6) is 0 Å². The Labute approximate surface area is 114 Å². The molecular formula is C14H15N3O3. The Kier molecular flexibility index (Phi) is 3.84. The largest absolute Gasteiger partial charge is 0.465 e. The van der Waals surface area contributed by atoms with Crippen molar-refractivity contribution < 1.29 is 9.53 Å². The molecule has 0 aliphatic rings. The third-order valence-corrected chi connectivity index (χ3v) is 2.82. The molecule has 0 atom stereocenters. The Balaban J connectivity index is 0.000000704. The summed E-state index contributed by atoms with van der Waals surface area (Å²) in [6, 6.07) is 4.98. The molecule has 0 aliphatic carbocycles. The first-order valence-corrected chi connectivity index (χ1v) is 6.28. The molecule has 6 nitrogen and oxygen atoms in total. The van der Waals surface area contributed by atoms with Gasteiger partial charge in [0.05, 0.1) is 24.4 Å². The van der Waals surface area contributed by atoms with Gasteiger partial charge >= 0.3 is 5.97 Å². The van der Waals surface area contributed by atoms with Gasteiger partial charge in [0, 0.05) is 10.9 Å². The molecule has 3 rings (SSSR count). The number of carbonyl (C=O) groups is 1. The molecule has 0 bridgehead atoms. The van der Waals surface area contributed by atoms with Gasteiger partial charge in [0.15, 0.2) is 0 Å². The lowest BCUT2D eigenvalue weighted by atomic mass is 10.1. The van der Waals surface area contributed by atoms with E-state index in [0.717, 1.165) is 5.52 Å². The molecule has 0 fully saturated rings. The third-order valence-electron chi connectivity index (χ3n) is 2.82. The molecule has 0 saturated heterocycles. The molecule has 0 amide bonds. The number of nitrogens with zero attached hydrogens (tertiary/aromatic N) is 1. The summed E-state index contributed by atoms with van der Waals surface area (Å²) in [7, 11) is 1.32. The fourth-order valence-electron chi connectivity index (χ4n) is 1.98. The zero-order valence-electron chi connectivity index (χ0n) is 11.5. The maximum Gasteiger partial charge on any atom is 0.337 e. The van der Waals surface area contributed by atoms with E-state index in [1.54, 1.807) is 18.2 Å². The first-order chi connectivity index (χ1) is 9.70. The first-order valence-electron chi connectivity index (χ1n) is 6.28. The van der Waals surface area contributed by atoms with Gasteiger partial charge in [-0.25, -0.2) is 9.78 Å². The van der Waals surface area contributed by atoms with Crippen molar-refractivity contribution in [3.8, 4) is 0 Å². The van der Waals surface area contributed by atoms with Gasteiger partial charge in [0.2, 0.25) is 0 Å². The monoisotopic (exact) mass is 273 g/mol. The normalized spacial score (nSPS) is 10.2. The van der Waals surface area contributed by atoms with E-state index >= 15 is 0 Å². The highest BCUT2D eigenvalue weighted by Gasteiger charge is 2.12. The van der Waals surface area contributed by atoms with Gasteiger partial charge in [0.1, 0.15) is 5.65 Å². The van der Waals surface area contributed by atoms with E-state index in [1.807, 2.05) is 13.8 Å². The highest BCUT2D eigenvalue weighted by Crippen LogP contribution is 2.22. The second kappa shape index (κ2) is 5.56. The number of aromatic amines is 2. The standard InChI is InChI=1S/C12H9N3O3.C2H6/c1-18-12(17)6-2-3-8-7(4-6)9-10(15-8)13-5-14-11(9)16;1-2/h2-5H,1H3,(H2,13,14,15,16);1-2H3. The van der Waals surface area contributed by atoms with Crippen LogP contribution < -0.4 is 5.56 Å².